The number of hydrogen-bond acceptors (Lipinski definition) is 5. The summed E-state index contributed by atoms with van der Waals surface area (Å²) in [5.74, 6) is 1.12. The zero-order valence-corrected chi connectivity index (χ0v) is 8.22. The first kappa shape index (κ1) is 7.85. The summed E-state index contributed by atoms with van der Waals surface area (Å²) in [5, 5.41) is 0.467. The maximum Gasteiger partial charge on any atom is 0.0708 e. The van der Waals surface area contributed by atoms with Crippen LogP contribution in [-0.4, -0.2) is 15.6 Å². The van der Waals surface area contributed by atoms with Gasteiger partial charge in [0.2, 0.25) is 0 Å². The topological polar surface area (TPSA) is 0 Å². The number of hydrogen-bond donors (Lipinski definition) is 2. The van der Waals surface area contributed by atoms with Crippen molar-refractivity contribution >= 4 is 56.7 Å². The highest BCUT2D eigenvalue weighted by Crippen LogP contribution is 2.47. The van der Waals surface area contributed by atoms with Crippen molar-refractivity contribution in [3.8, 4) is 0 Å². The van der Waals surface area contributed by atoms with E-state index in [0.717, 1.165) is 5.75 Å². The van der Waals surface area contributed by atoms with Crippen LogP contribution in [0.2, 0.25) is 0 Å². The second kappa shape index (κ2) is 3.81. The van der Waals surface area contributed by atoms with Gasteiger partial charge in [-0.2, -0.15) is 25.3 Å². The summed E-state index contributed by atoms with van der Waals surface area (Å²) >= 11 is 8.63. The van der Waals surface area contributed by atoms with Crippen molar-refractivity contribution < 1.29 is 0 Å². The molecule has 1 fully saturated rings. The van der Waals surface area contributed by atoms with Crippen LogP contribution in [-0.2, 0) is 0 Å². The molecule has 0 aromatic carbocycles. The van der Waals surface area contributed by atoms with Crippen LogP contribution < -0.4 is 0 Å². The minimum Gasteiger partial charge on any atom is -0.173 e. The monoisotopic (exact) mass is 202 g/mol. The molecule has 1 aliphatic heterocycles. The largest absolute Gasteiger partial charge is 0.173 e. The second-order valence-corrected chi connectivity index (χ2v) is 7.30. The fourth-order valence-electron chi connectivity index (χ4n) is 0.312. The average molecular weight is 202 g/mol. The fraction of sp³-hybridized carbons (Fsp3) is 1.00. The minimum atomic E-state index is 0.421. The van der Waals surface area contributed by atoms with E-state index in [9.17, 15) is 0 Å². The third kappa shape index (κ3) is 2.17. The van der Waals surface area contributed by atoms with E-state index in [-0.39, 0.29) is 0 Å². The summed E-state index contributed by atoms with van der Waals surface area (Å²) in [6.45, 7) is 0. The highest BCUT2D eigenvalue weighted by atomic mass is 33.5. The molecule has 5 heteroatoms. The third-order valence-corrected chi connectivity index (χ3v) is 7.35. The predicted molar refractivity (Wildman–Crippen MR) is 53.2 cm³/mol. The Hall–Kier alpha value is 1.75. The van der Waals surface area contributed by atoms with E-state index in [1.807, 2.05) is 20.6 Å². The number of rotatable bonds is 0. The third-order valence-electron chi connectivity index (χ3n) is 0.754. The van der Waals surface area contributed by atoms with Gasteiger partial charge in [0.1, 0.15) is 0 Å². The quantitative estimate of drug-likeness (QED) is 0.458. The van der Waals surface area contributed by atoms with Crippen LogP contribution in [0.4, 0.5) is 0 Å². The van der Waals surface area contributed by atoms with Gasteiger partial charge >= 0.3 is 0 Å². The van der Waals surface area contributed by atoms with Gasteiger partial charge in [-0.05, 0) is 9.83 Å². The highest BCUT2D eigenvalue weighted by Gasteiger charge is 2.19. The van der Waals surface area contributed by atoms with Crippen LogP contribution >= 0.6 is 56.7 Å². The summed E-state index contributed by atoms with van der Waals surface area (Å²) in [7, 11) is 5.47. The van der Waals surface area contributed by atoms with Crippen LogP contribution in [0.25, 0.3) is 0 Å². The molecular weight excluding hydrogens is 196 g/mol. The Morgan fingerprint density at radius 3 is 2.50 bits per heavy atom. The van der Waals surface area contributed by atoms with Crippen molar-refractivity contribution in [2.24, 2.45) is 0 Å². The van der Waals surface area contributed by atoms with Crippen molar-refractivity contribution in [3.63, 3.8) is 0 Å². The maximum atomic E-state index is 4.32. The van der Waals surface area contributed by atoms with Crippen molar-refractivity contribution in [1.82, 2.24) is 0 Å². The van der Waals surface area contributed by atoms with E-state index in [0.29, 0.717) is 9.83 Å². The van der Waals surface area contributed by atoms with E-state index in [2.05, 4.69) is 25.3 Å². The van der Waals surface area contributed by atoms with Crippen molar-refractivity contribution in [2.45, 2.75) is 9.83 Å². The predicted octanol–water partition coefficient (Wildman–Crippen LogP) is 2.58. The summed E-state index contributed by atoms with van der Waals surface area (Å²) in [4.78, 5) is 0. The van der Waals surface area contributed by atoms with Crippen LogP contribution in [0.5, 0.6) is 0 Å². The molecule has 0 nitrogen and oxygen atoms in total. The molecule has 0 aliphatic carbocycles. The molecule has 2 atom stereocenters. The molecule has 0 spiro atoms. The molecular formula is C3H6S5. The van der Waals surface area contributed by atoms with E-state index >= 15 is 0 Å². The maximum absolute atomic E-state index is 4.32. The van der Waals surface area contributed by atoms with Gasteiger partial charge in [0.25, 0.3) is 0 Å². The van der Waals surface area contributed by atoms with Crippen LogP contribution in [0, 0.1) is 0 Å². The average Bonchev–Trinajstić information content (AvgIpc) is 1.77. The van der Waals surface area contributed by atoms with Gasteiger partial charge in [-0.25, -0.2) is 0 Å². The standard InChI is InChI=1S/C3H6S5/c4-2-1-6-8-7-3(2)5/h2-5H,1H2. The van der Waals surface area contributed by atoms with Gasteiger partial charge in [0, 0.05) is 11.0 Å². The summed E-state index contributed by atoms with van der Waals surface area (Å²) < 4.78 is 0.421. The van der Waals surface area contributed by atoms with E-state index in [1.54, 1.807) is 10.8 Å². The molecule has 1 heterocycles. The van der Waals surface area contributed by atoms with Gasteiger partial charge in [0.15, 0.2) is 0 Å². The lowest BCUT2D eigenvalue weighted by atomic mass is 10.5. The van der Waals surface area contributed by atoms with Crippen LogP contribution in [0.1, 0.15) is 0 Å². The molecule has 0 bridgehead atoms. The van der Waals surface area contributed by atoms with Crippen molar-refractivity contribution in [2.75, 3.05) is 5.75 Å². The normalized spacial score (nSPS) is 39.8. The summed E-state index contributed by atoms with van der Waals surface area (Å²) in [6.07, 6.45) is 0. The fourth-order valence-corrected chi connectivity index (χ4v) is 6.48. The Labute approximate surface area is 71.9 Å². The van der Waals surface area contributed by atoms with Gasteiger partial charge in [-0.1, -0.05) is 21.6 Å². The molecule has 0 amide bonds. The zero-order valence-electron chi connectivity index (χ0n) is 3.98. The van der Waals surface area contributed by atoms with E-state index in [1.165, 1.54) is 0 Å². The van der Waals surface area contributed by atoms with Crippen molar-refractivity contribution in [1.29, 1.82) is 0 Å². The Morgan fingerprint density at radius 1 is 1.38 bits per heavy atom. The van der Waals surface area contributed by atoms with Gasteiger partial charge < -0.3 is 0 Å². The molecule has 0 saturated carbocycles. The summed E-state index contributed by atoms with van der Waals surface area (Å²) in [5.41, 5.74) is 0. The van der Waals surface area contributed by atoms with Gasteiger partial charge in [-0.15, -0.1) is 0 Å². The van der Waals surface area contributed by atoms with Crippen molar-refractivity contribution in [3.05, 3.63) is 0 Å². The lowest BCUT2D eigenvalue weighted by Gasteiger charge is -2.20. The highest BCUT2D eigenvalue weighted by molar-refractivity contribution is 9.10. The smallest absolute Gasteiger partial charge is 0.0708 e. The molecule has 1 saturated heterocycles. The second-order valence-electron chi connectivity index (χ2n) is 1.41. The molecule has 48 valence electrons. The molecule has 0 aromatic heterocycles. The summed E-state index contributed by atoms with van der Waals surface area (Å²) in [6, 6.07) is 0. The van der Waals surface area contributed by atoms with E-state index < -0.39 is 0 Å². The molecule has 8 heavy (non-hydrogen) atoms. The molecule has 1 rings (SSSR count). The molecule has 0 N–H and O–H groups in total. The Kier molecular flexibility index (Phi) is 3.74. The van der Waals surface area contributed by atoms with Gasteiger partial charge in [0.05, 0.1) is 4.58 Å². The lowest BCUT2D eigenvalue weighted by Crippen LogP contribution is -2.15. The van der Waals surface area contributed by atoms with Gasteiger partial charge in [-0.3, -0.25) is 0 Å². The Bertz CT molecular complexity index is 64.1. The first-order chi connectivity index (χ1) is 3.80. The number of thiol groups is 2. The molecule has 0 radical (unpaired) electrons. The SMILES string of the molecule is SC1CSSSC1S. The molecule has 1 aliphatic rings. The Morgan fingerprint density at radius 2 is 2.12 bits per heavy atom. The first-order valence-corrected chi connectivity index (χ1v) is 6.86. The first-order valence-electron chi connectivity index (χ1n) is 2.12. The molecule has 0 aromatic rings. The molecule has 2 unspecified atom stereocenters. The van der Waals surface area contributed by atoms with Crippen LogP contribution in [0.15, 0.2) is 0 Å². The lowest BCUT2D eigenvalue weighted by molar-refractivity contribution is 1.12. The zero-order chi connectivity index (χ0) is 5.98. The Balaban J connectivity index is 2.28. The van der Waals surface area contributed by atoms with E-state index in [4.69, 9.17) is 0 Å². The minimum absolute atomic E-state index is 0.421. The van der Waals surface area contributed by atoms with Crippen LogP contribution in [0.3, 0.4) is 0 Å².